The topological polar surface area (TPSA) is 35.2 Å². The molecule has 2 unspecified atom stereocenters. The first-order valence-corrected chi connectivity index (χ1v) is 3.47. The summed E-state index contributed by atoms with van der Waals surface area (Å²) in [6.45, 7) is 0. The molecule has 0 aromatic carbocycles. The van der Waals surface area contributed by atoms with Crippen molar-refractivity contribution in [3.05, 3.63) is 0 Å². The molecule has 0 heterocycles. The normalized spacial score (nSPS) is 30.0. The van der Waals surface area contributed by atoms with E-state index in [4.69, 9.17) is 5.73 Å². The molecule has 74 valence electrons. The van der Waals surface area contributed by atoms with Crippen molar-refractivity contribution in [3.63, 3.8) is 0 Å². The number of nitrogens with two attached hydrogens (primary N) is 1. The first kappa shape index (κ1) is 12.0. The molecule has 1 aliphatic rings. The Labute approximate surface area is 74.7 Å². The summed E-state index contributed by atoms with van der Waals surface area (Å²) in [4.78, 5) is 0. The van der Waals surface area contributed by atoms with Crippen LogP contribution in [0.15, 0.2) is 0 Å². The fourth-order valence-corrected chi connectivity index (χ4v) is 1.27. The summed E-state index contributed by atoms with van der Waals surface area (Å²) in [6.07, 6.45) is -3.86. The van der Waals surface area contributed by atoms with Gasteiger partial charge < -0.3 is 5.73 Å². The fourth-order valence-electron chi connectivity index (χ4n) is 1.27. The second-order valence-electron chi connectivity index (χ2n) is 2.76. The van der Waals surface area contributed by atoms with Crippen molar-refractivity contribution < 1.29 is 17.9 Å². The second-order valence-corrected chi connectivity index (χ2v) is 2.76. The standard InChI is InChI=1S/C6H10F3NO.ClH/c7-6(8,9)11-5-2-1-4(10)3-5;/h4-5H,1-3,10H2;1H. The molecule has 1 rings (SSSR count). The fraction of sp³-hybridized carbons (Fsp3) is 1.00. The molecule has 0 radical (unpaired) electrons. The molecule has 0 aromatic rings. The van der Waals surface area contributed by atoms with Gasteiger partial charge >= 0.3 is 6.36 Å². The van der Waals surface area contributed by atoms with Gasteiger partial charge in [-0.15, -0.1) is 25.6 Å². The van der Waals surface area contributed by atoms with Crippen LogP contribution in [0.4, 0.5) is 13.2 Å². The Morgan fingerprint density at radius 1 is 1.25 bits per heavy atom. The molecular weight excluding hydrogens is 195 g/mol. The zero-order valence-electron chi connectivity index (χ0n) is 6.30. The summed E-state index contributed by atoms with van der Waals surface area (Å²) in [7, 11) is 0. The molecule has 2 N–H and O–H groups in total. The highest BCUT2D eigenvalue weighted by Crippen LogP contribution is 2.27. The third kappa shape index (κ3) is 4.13. The van der Waals surface area contributed by atoms with Crippen LogP contribution in [0, 0.1) is 0 Å². The molecule has 0 spiro atoms. The minimum atomic E-state index is -4.51. The molecule has 0 amide bonds. The first-order valence-electron chi connectivity index (χ1n) is 3.47. The molecular formula is C6H11ClF3NO. The van der Waals surface area contributed by atoms with E-state index >= 15 is 0 Å². The number of alkyl halides is 3. The Morgan fingerprint density at radius 2 is 1.83 bits per heavy atom. The smallest absolute Gasteiger partial charge is 0.328 e. The van der Waals surface area contributed by atoms with E-state index in [0.29, 0.717) is 19.3 Å². The first-order chi connectivity index (χ1) is 4.97. The molecule has 0 bridgehead atoms. The molecule has 1 saturated carbocycles. The van der Waals surface area contributed by atoms with Gasteiger partial charge in [-0.05, 0) is 19.3 Å². The Kier molecular flexibility index (Phi) is 4.30. The van der Waals surface area contributed by atoms with E-state index in [-0.39, 0.29) is 18.4 Å². The predicted molar refractivity (Wildman–Crippen MR) is 40.0 cm³/mol. The molecule has 2 atom stereocenters. The van der Waals surface area contributed by atoms with Crippen molar-refractivity contribution in [2.45, 2.75) is 37.8 Å². The molecule has 1 fully saturated rings. The molecule has 0 aromatic heterocycles. The van der Waals surface area contributed by atoms with Crippen molar-refractivity contribution in [3.8, 4) is 0 Å². The quantitative estimate of drug-likeness (QED) is 0.709. The highest BCUT2D eigenvalue weighted by molar-refractivity contribution is 5.85. The van der Waals surface area contributed by atoms with Gasteiger partial charge in [-0.2, -0.15) is 0 Å². The largest absolute Gasteiger partial charge is 0.522 e. The second kappa shape index (κ2) is 4.30. The highest BCUT2D eigenvalue weighted by atomic mass is 35.5. The van der Waals surface area contributed by atoms with Crippen molar-refractivity contribution in [1.29, 1.82) is 0 Å². The molecule has 6 heteroatoms. The van der Waals surface area contributed by atoms with Gasteiger partial charge in [-0.1, -0.05) is 0 Å². The average Bonchev–Trinajstić information content (AvgIpc) is 2.10. The van der Waals surface area contributed by atoms with E-state index in [2.05, 4.69) is 4.74 Å². The molecule has 1 aliphatic carbocycles. The maximum atomic E-state index is 11.6. The maximum Gasteiger partial charge on any atom is 0.522 e. The van der Waals surface area contributed by atoms with Crippen LogP contribution in [0.5, 0.6) is 0 Å². The van der Waals surface area contributed by atoms with Crippen molar-refractivity contribution in [2.24, 2.45) is 5.73 Å². The lowest BCUT2D eigenvalue weighted by molar-refractivity contribution is -0.341. The van der Waals surface area contributed by atoms with E-state index in [1.165, 1.54) is 0 Å². The van der Waals surface area contributed by atoms with Crippen LogP contribution in [0.25, 0.3) is 0 Å². The lowest BCUT2D eigenvalue weighted by Crippen LogP contribution is -2.23. The van der Waals surface area contributed by atoms with Gasteiger partial charge in [0, 0.05) is 6.04 Å². The number of ether oxygens (including phenoxy) is 1. The van der Waals surface area contributed by atoms with Crippen LogP contribution in [0.2, 0.25) is 0 Å². The van der Waals surface area contributed by atoms with Crippen LogP contribution in [0.3, 0.4) is 0 Å². The van der Waals surface area contributed by atoms with Crippen LogP contribution in [0.1, 0.15) is 19.3 Å². The summed E-state index contributed by atoms with van der Waals surface area (Å²) in [5.74, 6) is 0. The minimum Gasteiger partial charge on any atom is -0.328 e. The Bertz CT molecular complexity index is 141. The average molecular weight is 206 g/mol. The monoisotopic (exact) mass is 205 g/mol. The highest BCUT2D eigenvalue weighted by Gasteiger charge is 2.36. The van der Waals surface area contributed by atoms with Gasteiger partial charge in [-0.25, -0.2) is 0 Å². The van der Waals surface area contributed by atoms with Crippen LogP contribution in [-0.2, 0) is 4.74 Å². The lowest BCUT2D eigenvalue weighted by Gasteiger charge is -2.13. The summed E-state index contributed by atoms with van der Waals surface area (Å²) >= 11 is 0. The van der Waals surface area contributed by atoms with Gasteiger partial charge in [-0.3, -0.25) is 4.74 Å². The van der Waals surface area contributed by atoms with Gasteiger partial charge in [0.2, 0.25) is 0 Å². The SMILES string of the molecule is Cl.NC1CCC(OC(F)(F)F)C1. The third-order valence-corrected chi connectivity index (χ3v) is 1.73. The minimum absolute atomic E-state index is 0. The van der Waals surface area contributed by atoms with E-state index in [1.807, 2.05) is 0 Å². The molecule has 0 saturated heterocycles. The Balaban J connectivity index is 0.00000121. The van der Waals surface area contributed by atoms with E-state index < -0.39 is 12.5 Å². The van der Waals surface area contributed by atoms with E-state index in [9.17, 15) is 13.2 Å². The Morgan fingerprint density at radius 3 is 2.17 bits per heavy atom. The van der Waals surface area contributed by atoms with Gasteiger partial charge in [0.25, 0.3) is 0 Å². The van der Waals surface area contributed by atoms with Crippen molar-refractivity contribution in [2.75, 3.05) is 0 Å². The predicted octanol–water partition coefficient (Wildman–Crippen LogP) is 1.82. The summed E-state index contributed by atoms with van der Waals surface area (Å²) in [5, 5.41) is 0. The third-order valence-electron chi connectivity index (χ3n) is 1.73. The van der Waals surface area contributed by atoms with E-state index in [0.717, 1.165) is 0 Å². The van der Waals surface area contributed by atoms with E-state index in [1.54, 1.807) is 0 Å². The maximum absolute atomic E-state index is 11.6. The van der Waals surface area contributed by atoms with Crippen LogP contribution < -0.4 is 5.73 Å². The van der Waals surface area contributed by atoms with Gasteiger partial charge in [0.15, 0.2) is 0 Å². The van der Waals surface area contributed by atoms with Gasteiger partial charge in [0.1, 0.15) is 0 Å². The number of halogens is 4. The number of hydrogen-bond acceptors (Lipinski definition) is 2. The lowest BCUT2D eigenvalue weighted by atomic mass is 10.3. The summed E-state index contributed by atoms with van der Waals surface area (Å²) < 4.78 is 38.5. The zero-order valence-corrected chi connectivity index (χ0v) is 7.12. The van der Waals surface area contributed by atoms with Crippen molar-refractivity contribution in [1.82, 2.24) is 0 Å². The van der Waals surface area contributed by atoms with Crippen LogP contribution >= 0.6 is 12.4 Å². The van der Waals surface area contributed by atoms with Crippen LogP contribution in [-0.4, -0.2) is 18.5 Å². The number of hydrogen-bond donors (Lipinski definition) is 1. The summed E-state index contributed by atoms with van der Waals surface area (Å²) in [6, 6.07) is -0.123. The molecule has 2 nitrogen and oxygen atoms in total. The Hall–Kier alpha value is -0.0000000000000000555. The summed E-state index contributed by atoms with van der Waals surface area (Å²) in [5.41, 5.74) is 5.40. The molecule has 0 aliphatic heterocycles. The van der Waals surface area contributed by atoms with Gasteiger partial charge in [0.05, 0.1) is 6.10 Å². The van der Waals surface area contributed by atoms with Crippen molar-refractivity contribution >= 4 is 12.4 Å². The zero-order chi connectivity index (χ0) is 8.48. The molecule has 12 heavy (non-hydrogen) atoms. The number of rotatable bonds is 1.